The normalized spacial score (nSPS) is 12.1. The van der Waals surface area contributed by atoms with Crippen LogP contribution in [0.25, 0.3) is 0 Å². The van der Waals surface area contributed by atoms with Gasteiger partial charge < -0.3 is 13.6 Å². The molecule has 0 unspecified atom stereocenters. The first kappa shape index (κ1) is 44.9. The molecule has 0 radical (unpaired) electrons. The number of thiazole rings is 1. The van der Waals surface area contributed by atoms with E-state index in [1.54, 1.807) is 35.3 Å². The Morgan fingerprint density at radius 1 is 0.640 bits per heavy atom. The molecular weight excluding hydrogens is 663 g/mol. The van der Waals surface area contributed by atoms with Gasteiger partial charge in [-0.3, -0.25) is 0 Å². The van der Waals surface area contributed by atoms with Crippen LogP contribution in [0.4, 0.5) is 0 Å². The quantitative estimate of drug-likeness (QED) is 0.168. The fraction of sp³-hybridized carbons (Fsp3) is 0.625. The van der Waals surface area contributed by atoms with Crippen molar-refractivity contribution in [2.75, 3.05) is 0 Å². The second-order valence-corrected chi connectivity index (χ2v) is 19.6. The molecule has 0 bridgehead atoms. The lowest BCUT2D eigenvalue weighted by atomic mass is 9.90. The monoisotopic (exact) mass is 727 g/mol. The molecule has 0 amide bonds. The molecule has 280 valence electrons. The van der Waals surface area contributed by atoms with Crippen LogP contribution < -0.4 is 0 Å². The number of rotatable bonds is 1. The van der Waals surface area contributed by atoms with Crippen molar-refractivity contribution < 1.29 is 13.6 Å². The topological polar surface area (TPSA) is 104 Å². The molecule has 8 nitrogen and oxygen atoms in total. The van der Waals surface area contributed by atoms with Crippen LogP contribution in [0.15, 0.2) is 55.8 Å². The first-order valence-corrected chi connectivity index (χ1v) is 18.9. The predicted octanol–water partition coefficient (Wildman–Crippen LogP) is 12.5. The second-order valence-electron chi connectivity index (χ2n) is 17.9. The van der Waals surface area contributed by atoms with Crippen LogP contribution >= 0.6 is 22.9 Å². The van der Waals surface area contributed by atoms with E-state index in [1.165, 1.54) is 9.88 Å². The molecule has 0 aromatic carbocycles. The highest BCUT2D eigenvalue weighted by molar-refractivity contribution is 7.09. The van der Waals surface area contributed by atoms with E-state index >= 15 is 0 Å². The summed E-state index contributed by atoms with van der Waals surface area (Å²) in [6, 6.07) is 6.18. The third-order valence-electron chi connectivity index (χ3n) is 6.97. The van der Waals surface area contributed by atoms with Gasteiger partial charge >= 0.3 is 0 Å². The van der Waals surface area contributed by atoms with Gasteiger partial charge in [0, 0.05) is 50.4 Å². The minimum atomic E-state index is 0.0696. The van der Waals surface area contributed by atoms with E-state index in [2.05, 4.69) is 149 Å². The number of hydrogen-bond donors (Lipinski definition) is 0. The summed E-state index contributed by atoms with van der Waals surface area (Å²) in [7, 11) is 0. The molecule has 0 saturated carbocycles. The number of aromatic nitrogens is 5. The van der Waals surface area contributed by atoms with Gasteiger partial charge in [-0.1, -0.05) is 133 Å². The SMILES string of the molecule is CC(C)(C)c1cnoc1.CC(C)(C)c1nccs1.CC(C)c1cc(C(C)(C)C)on1.Cc1cc(C(C)(C)C)on1.Cc1cc(C(C)(C)C)sn1. The van der Waals surface area contributed by atoms with Gasteiger partial charge in [0.05, 0.1) is 28.3 Å². The van der Waals surface area contributed by atoms with E-state index < -0.39 is 0 Å². The molecular formula is C40H65N5O3S2. The van der Waals surface area contributed by atoms with Gasteiger partial charge in [0.15, 0.2) is 0 Å². The Hall–Kier alpha value is -3.11. The molecule has 10 heteroatoms. The fourth-order valence-electron chi connectivity index (χ4n) is 3.52. The van der Waals surface area contributed by atoms with Crippen LogP contribution in [0.1, 0.15) is 168 Å². The lowest BCUT2D eigenvalue weighted by Crippen LogP contribution is -2.09. The van der Waals surface area contributed by atoms with Crippen molar-refractivity contribution in [2.24, 2.45) is 0 Å². The maximum atomic E-state index is 5.24. The van der Waals surface area contributed by atoms with Crippen LogP contribution in [0.5, 0.6) is 0 Å². The molecule has 5 heterocycles. The van der Waals surface area contributed by atoms with Crippen molar-refractivity contribution in [1.29, 1.82) is 0 Å². The highest BCUT2D eigenvalue weighted by atomic mass is 32.1. The standard InChI is InChI=1S/C10H17NO.C8H13NO.C8H13NS.C7H11NO.C7H11NS/c1-7(2)8-6-9(12-11-8)10(3,4)5;2*1-6-5-7(10-9-6)8(2,3)4;1-7(2,3)6-4-8-9-5-6;1-7(2,3)6-8-4-5-9-6/h6-7H,1-5H3;2*5H,1-4H3;2*4-5H,1-3H3. The Kier molecular flexibility index (Phi) is 16.5. The summed E-state index contributed by atoms with van der Waals surface area (Å²) >= 11 is 3.33. The van der Waals surface area contributed by atoms with Crippen molar-refractivity contribution in [1.82, 2.24) is 24.8 Å². The highest BCUT2D eigenvalue weighted by Crippen LogP contribution is 2.27. The molecule has 5 rings (SSSR count). The Morgan fingerprint density at radius 2 is 1.20 bits per heavy atom. The largest absolute Gasteiger partial charge is 0.364 e. The van der Waals surface area contributed by atoms with Crippen LogP contribution in [-0.4, -0.2) is 24.8 Å². The van der Waals surface area contributed by atoms with Crippen LogP contribution in [0.3, 0.4) is 0 Å². The van der Waals surface area contributed by atoms with E-state index in [1.807, 2.05) is 37.6 Å². The second kappa shape index (κ2) is 18.4. The minimum absolute atomic E-state index is 0.0696. The van der Waals surface area contributed by atoms with Crippen molar-refractivity contribution >= 4 is 22.9 Å². The Labute approximate surface area is 311 Å². The third-order valence-corrected chi connectivity index (χ3v) is 9.47. The highest BCUT2D eigenvalue weighted by Gasteiger charge is 2.21. The van der Waals surface area contributed by atoms with Gasteiger partial charge in [-0.25, -0.2) is 4.98 Å². The lowest BCUT2D eigenvalue weighted by Gasteiger charge is -2.13. The average molecular weight is 728 g/mol. The molecule has 0 N–H and O–H groups in total. The summed E-state index contributed by atoms with van der Waals surface area (Å²) in [5, 5.41) is 14.7. The Morgan fingerprint density at radius 3 is 1.42 bits per heavy atom. The zero-order valence-electron chi connectivity index (χ0n) is 34.4. The van der Waals surface area contributed by atoms with Crippen molar-refractivity contribution in [2.45, 2.75) is 165 Å². The molecule has 5 aromatic heterocycles. The van der Waals surface area contributed by atoms with Gasteiger partial charge in [0.2, 0.25) is 0 Å². The minimum Gasteiger partial charge on any atom is -0.364 e. The van der Waals surface area contributed by atoms with Gasteiger partial charge in [-0.15, -0.1) is 11.3 Å². The van der Waals surface area contributed by atoms with Crippen molar-refractivity contribution in [3.8, 4) is 0 Å². The van der Waals surface area contributed by atoms with Crippen molar-refractivity contribution in [3.05, 3.63) is 86.3 Å². The third kappa shape index (κ3) is 16.7. The van der Waals surface area contributed by atoms with Crippen molar-refractivity contribution in [3.63, 3.8) is 0 Å². The number of aryl methyl sites for hydroxylation is 2. The van der Waals surface area contributed by atoms with Crippen LogP contribution in [0, 0.1) is 13.8 Å². The first-order chi connectivity index (χ1) is 22.6. The van der Waals surface area contributed by atoms with E-state index in [9.17, 15) is 0 Å². The Balaban J connectivity index is 0.000000314. The van der Waals surface area contributed by atoms with E-state index in [4.69, 9.17) is 13.6 Å². The van der Waals surface area contributed by atoms with Crippen LogP contribution in [0.2, 0.25) is 0 Å². The van der Waals surface area contributed by atoms with Gasteiger partial charge in [-0.2, -0.15) is 4.37 Å². The summed E-state index contributed by atoms with van der Waals surface area (Å²) in [4.78, 5) is 5.57. The molecule has 5 aromatic rings. The zero-order chi connectivity index (χ0) is 38.7. The number of hydrogen-bond acceptors (Lipinski definition) is 10. The van der Waals surface area contributed by atoms with Crippen LogP contribution in [-0.2, 0) is 27.1 Å². The van der Waals surface area contributed by atoms with Gasteiger partial charge in [-0.05, 0) is 48.2 Å². The molecule has 0 atom stereocenters. The first-order valence-electron chi connectivity index (χ1n) is 17.3. The summed E-state index contributed by atoms with van der Waals surface area (Å²) in [6.45, 7) is 40.4. The molecule has 0 aliphatic carbocycles. The summed E-state index contributed by atoms with van der Waals surface area (Å²) in [6.07, 6.45) is 5.28. The molecule has 0 aliphatic rings. The van der Waals surface area contributed by atoms with Gasteiger partial charge in [0.1, 0.15) is 17.8 Å². The summed E-state index contributed by atoms with van der Waals surface area (Å²) < 4.78 is 19.2. The number of nitrogens with zero attached hydrogens (tertiary/aromatic N) is 5. The maximum absolute atomic E-state index is 5.24. The molecule has 50 heavy (non-hydrogen) atoms. The van der Waals surface area contributed by atoms with E-state index in [-0.39, 0.29) is 27.1 Å². The summed E-state index contributed by atoms with van der Waals surface area (Å²) in [5.41, 5.74) is 5.09. The molecule has 0 fully saturated rings. The average Bonchev–Trinajstić information content (AvgIpc) is 3.77. The molecule has 0 saturated heterocycles. The zero-order valence-corrected chi connectivity index (χ0v) is 36.0. The summed E-state index contributed by atoms with van der Waals surface area (Å²) in [5.74, 6) is 2.36. The smallest absolute Gasteiger partial charge is 0.142 e. The predicted molar refractivity (Wildman–Crippen MR) is 211 cm³/mol. The van der Waals surface area contributed by atoms with E-state index in [0.29, 0.717) is 5.92 Å². The lowest BCUT2D eigenvalue weighted by molar-refractivity contribution is 0.324. The fourth-order valence-corrected chi connectivity index (χ4v) is 5.04. The van der Waals surface area contributed by atoms with Gasteiger partial charge in [0.25, 0.3) is 0 Å². The molecule has 0 aliphatic heterocycles. The Bertz CT molecular complexity index is 1510. The molecule has 0 spiro atoms. The maximum Gasteiger partial charge on any atom is 0.142 e. The van der Waals surface area contributed by atoms with E-state index in [0.717, 1.165) is 34.2 Å².